The molecular weight excluding hydrogens is 438 g/mol. The second-order valence-electron chi connectivity index (χ2n) is 5.54. The molecule has 5 nitrogen and oxygen atoms in total. The lowest BCUT2D eigenvalue weighted by atomic mass is 10.1. The van der Waals surface area contributed by atoms with Gasteiger partial charge in [0.05, 0.1) is 17.9 Å². The van der Waals surface area contributed by atoms with E-state index in [-0.39, 0.29) is 12.2 Å². The molecule has 3 N–H and O–H groups in total. The van der Waals surface area contributed by atoms with E-state index in [1.54, 1.807) is 0 Å². The number of aryl methyl sites for hydroxylation is 1. The number of hydrogen-bond acceptors (Lipinski definition) is 4. The zero-order valence-corrected chi connectivity index (χ0v) is 16.1. The third-order valence-electron chi connectivity index (χ3n) is 3.66. The predicted octanol–water partition coefficient (Wildman–Crippen LogP) is 3.91. The summed E-state index contributed by atoms with van der Waals surface area (Å²) in [5, 5.41) is 12.2. The lowest BCUT2D eigenvalue weighted by Gasteiger charge is -2.16. The van der Waals surface area contributed by atoms with E-state index in [9.17, 15) is 9.18 Å². The number of hydroxylamine groups is 1. The Labute approximate surface area is 159 Å². The number of nitrogens with one attached hydrogen (secondary N) is 2. The molecule has 2 aromatic carbocycles. The van der Waals surface area contributed by atoms with E-state index in [2.05, 4.69) is 33.4 Å². The SMILES string of the molecule is CCC(CO)ONC(=O)c1ccc(F)cc1Nc1ccc(I)cc1C. The zero-order valence-electron chi connectivity index (χ0n) is 14.0. The molecule has 0 aliphatic carbocycles. The molecule has 0 heterocycles. The van der Waals surface area contributed by atoms with E-state index in [1.165, 1.54) is 18.2 Å². The van der Waals surface area contributed by atoms with Crippen molar-refractivity contribution in [1.29, 1.82) is 0 Å². The Morgan fingerprint density at radius 3 is 2.68 bits per heavy atom. The molecule has 0 radical (unpaired) electrons. The molecule has 0 saturated carbocycles. The topological polar surface area (TPSA) is 70.6 Å². The van der Waals surface area contributed by atoms with Crippen molar-refractivity contribution in [1.82, 2.24) is 5.48 Å². The van der Waals surface area contributed by atoms with Crippen LogP contribution in [0.25, 0.3) is 0 Å². The first-order chi connectivity index (χ1) is 11.9. The van der Waals surface area contributed by atoms with Gasteiger partial charge in [-0.05, 0) is 77.9 Å². The molecule has 0 spiro atoms. The van der Waals surface area contributed by atoms with Crippen molar-refractivity contribution >= 4 is 39.9 Å². The Morgan fingerprint density at radius 1 is 1.28 bits per heavy atom. The van der Waals surface area contributed by atoms with E-state index >= 15 is 0 Å². The number of aliphatic hydroxyl groups excluding tert-OH is 1. The van der Waals surface area contributed by atoms with Crippen LogP contribution in [0.1, 0.15) is 29.3 Å². The van der Waals surface area contributed by atoms with Gasteiger partial charge in [0.1, 0.15) is 11.9 Å². The Balaban J connectivity index is 2.23. The quantitative estimate of drug-likeness (QED) is 0.435. The van der Waals surface area contributed by atoms with Crippen molar-refractivity contribution in [2.24, 2.45) is 0 Å². The van der Waals surface area contributed by atoms with Crippen molar-refractivity contribution in [3.63, 3.8) is 0 Å². The fraction of sp³-hybridized carbons (Fsp3) is 0.278. The number of halogens is 2. The molecule has 0 saturated heterocycles. The standard InChI is InChI=1S/C18H20FIN2O3/c1-3-14(10-23)25-22-18(24)15-6-4-12(19)9-17(15)21-16-7-5-13(20)8-11(16)2/h4-9,14,21,23H,3,10H2,1-2H3,(H,22,24). The Morgan fingerprint density at radius 2 is 2.04 bits per heavy atom. The van der Waals surface area contributed by atoms with Crippen molar-refractivity contribution < 1.29 is 19.1 Å². The Kier molecular flexibility index (Phi) is 7.15. The van der Waals surface area contributed by atoms with E-state index < -0.39 is 17.8 Å². The maximum Gasteiger partial charge on any atom is 0.276 e. The molecule has 0 aliphatic heterocycles. The van der Waals surface area contributed by atoms with Gasteiger partial charge in [0.15, 0.2) is 0 Å². The van der Waals surface area contributed by atoms with Crippen molar-refractivity contribution in [3.05, 3.63) is 56.9 Å². The smallest absolute Gasteiger partial charge is 0.276 e. The maximum atomic E-state index is 13.7. The molecule has 1 unspecified atom stereocenters. The molecule has 0 fully saturated rings. The number of carbonyl (C=O) groups excluding carboxylic acids is 1. The first-order valence-electron chi connectivity index (χ1n) is 7.84. The van der Waals surface area contributed by atoms with Crippen LogP contribution in [-0.4, -0.2) is 23.7 Å². The highest BCUT2D eigenvalue weighted by Crippen LogP contribution is 2.25. The van der Waals surface area contributed by atoms with Crippen LogP contribution in [0.3, 0.4) is 0 Å². The Hall–Kier alpha value is -1.71. The van der Waals surface area contributed by atoms with Crippen LogP contribution in [0.2, 0.25) is 0 Å². The summed E-state index contributed by atoms with van der Waals surface area (Å²) < 4.78 is 14.7. The second kappa shape index (κ2) is 9.12. The van der Waals surface area contributed by atoms with Gasteiger partial charge in [-0.25, -0.2) is 9.87 Å². The lowest BCUT2D eigenvalue weighted by molar-refractivity contribution is -0.0408. The molecule has 1 atom stereocenters. The van der Waals surface area contributed by atoms with Crippen LogP contribution in [0.4, 0.5) is 15.8 Å². The van der Waals surface area contributed by atoms with Crippen molar-refractivity contribution in [2.45, 2.75) is 26.4 Å². The summed E-state index contributed by atoms with van der Waals surface area (Å²) in [4.78, 5) is 17.5. The maximum absolute atomic E-state index is 13.7. The second-order valence-corrected chi connectivity index (χ2v) is 6.78. The zero-order chi connectivity index (χ0) is 18.4. The normalized spacial score (nSPS) is 11.9. The minimum absolute atomic E-state index is 0.201. The highest BCUT2D eigenvalue weighted by atomic mass is 127. The third kappa shape index (κ3) is 5.38. The third-order valence-corrected chi connectivity index (χ3v) is 4.33. The summed E-state index contributed by atoms with van der Waals surface area (Å²) in [5.74, 6) is -0.970. The molecule has 2 rings (SSSR count). The number of amides is 1. The average Bonchev–Trinajstić information content (AvgIpc) is 2.58. The predicted molar refractivity (Wildman–Crippen MR) is 103 cm³/mol. The monoisotopic (exact) mass is 458 g/mol. The van der Waals surface area contributed by atoms with Crippen LogP contribution in [0, 0.1) is 16.3 Å². The number of carbonyl (C=O) groups is 1. The highest BCUT2D eigenvalue weighted by Gasteiger charge is 2.15. The van der Waals surface area contributed by atoms with E-state index in [4.69, 9.17) is 9.94 Å². The first-order valence-corrected chi connectivity index (χ1v) is 8.92. The molecule has 0 bridgehead atoms. The van der Waals surface area contributed by atoms with Crippen LogP contribution in [0.15, 0.2) is 36.4 Å². The van der Waals surface area contributed by atoms with E-state index in [1.807, 2.05) is 32.0 Å². The average molecular weight is 458 g/mol. The number of aliphatic hydroxyl groups is 1. The van der Waals surface area contributed by atoms with Gasteiger partial charge in [0.2, 0.25) is 0 Å². The molecule has 25 heavy (non-hydrogen) atoms. The van der Waals surface area contributed by atoms with E-state index in [0.29, 0.717) is 12.1 Å². The minimum Gasteiger partial charge on any atom is -0.394 e. The van der Waals surface area contributed by atoms with Gasteiger partial charge in [-0.3, -0.25) is 9.63 Å². The van der Waals surface area contributed by atoms with Gasteiger partial charge in [0, 0.05) is 9.26 Å². The number of benzene rings is 2. The summed E-state index contributed by atoms with van der Waals surface area (Å²) in [6.07, 6.45) is 0.0620. The van der Waals surface area contributed by atoms with Crippen LogP contribution in [0.5, 0.6) is 0 Å². The van der Waals surface area contributed by atoms with Gasteiger partial charge in [-0.15, -0.1) is 0 Å². The molecule has 0 aliphatic rings. The molecule has 7 heteroatoms. The largest absolute Gasteiger partial charge is 0.394 e. The summed E-state index contributed by atoms with van der Waals surface area (Å²) in [6, 6.07) is 9.64. The van der Waals surface area contributed by atoms with Gasteiger partial charge >= 0.3 is 0 Å². The first kappa shape index (κ1) is 19.6. The summed E-state index contributed by atoms with van der Waals surface area (Å²) >= 11 is 2.21. The molecule has 1 amide bonds. The summed E-state index contributed by atoms with van der Waals surface area (Å²) in [6.45, 7) is 3.56. The van der Waals surface area contributed by atoms with Crippen molar-refractivity contribution in [3.8, 4) is 0 Å². The van der Waals surface area contributed by atoms with Crippen molar-refractivity contribution in [2.75, 3.05) is 11.9 Å². The molecule has 0 aromatic heterocycles. The number of hydrogen-bond donors (Lipinski definition) is 3. The van der Waals surface area contributed by atoms with Crippen LogP contribution in [-0.2, 0) is 4.84 Å². The fourth-order valence-electron chi connectivity index (χ4n) is 2.17. The number of anilines is 2. The van der Waals surface area contributed by atoms with E-state index in [0.717, 1.165) is 14.8 Å². The van der Waals surface area contributed by atoms with Gasteiger partial charge in [-0.1, -0.05) is 6.92 Å². The van der Waals surface area contributed by atoms with Gasteiger partial charge in [-0.2, -0.15) is 0 Å². The molecule has 2 aromatic rings. The van der Waals surface area contributed by atoms with Crippen LogP contribution < -0.4 is 10.8 Å². The number of rotatable bonds is 7. The van der Waals surface area contributed by atoms with Gasteiger partial charge < -0.3 is 10.4 Å². The summed E-state index contributed by atoms with van der Waals surface area (Å²) in [5.41, 5.74) is 4.64. The molecular formula is C18H20FIN2O3. The van der Waals surface area contributed by atoms with Crippen LogP contribution >= 0.6 is 22.6 Å². The summed E-state index contributed by atoms with van der Waals surface area (Å²) in [7, 11) is 0. The van der Waals surface area contributed by atoms with Gasteiger partial charge in [0.25, 0.3) is 5.91 Å². The minimum atomic E-state index is -0.516. The highest BCUT2D eigenvalue weighted by molar-refractivity contribution is 14.1. The lowest BCUT2D eigenvalue weighted by Crippen LogP contribution is -2.31. The Bertz CT molecular complexity index is 751. The fourth-order valence-corrected chi connectivity index (χ4v) is 2.82. The molecule has 134 valence electrons.